The summed E-state index contributed by atoms with van der Waals surface area (Å²) in [6.45, 7) is 1.94. The first-order valence-electron chi connectivity index (χ1n) is 7.29. The van der Waals surface area contributed by atoms with Crippen LogP contribution in [-0.4, -0.2) is 29.8 Å². The lowest BCUT2D eigenvalue weighted by Gasteiger charge is -2.21. The smallest absolute Gasteiger partial charge is 0.346 e. The molecule has 1 aromatic carbocycles. The van der Waals surface area contributed by atoms with E-state index in [4.69, 9.17) is 5.11 Å². The van der Waals surface area contributed by atoms with Gasteiger partial charge in [0.25, 0.3) is 10.0 Å². The minimum atomic E-state index is -3.68. The van der Waals surface area contributed by atoms with Gasteiger partial charge in [-0.2, -0.15) is 4.31 Å². The standard InChI is InChI=1S/C16H17NO4S2/c1-11-9-14(22-15(11)16(18)19)23(20,21)17(13-7-8-13)10-12-5-3-2-4-6-12/h2-6,9,13H,7-8,10H2,1H3,(H,18,19). The zero-order valence-corrected chi connectivity index (χ0v) is 14.2. The Morgan fingerprint density at radius 1 is 1.30 bits per heavy atom. The molecule has 1 aromatic heterocycles. The molecule has 0 saturated heterocycles. The van der Waals surface area contributed by atoms with Crippen molar-refractivity contribution >= 4 is 27.3 Å². The SMILES string of the molecule is Cc1cc(S(=O)(=O)N(Cc2ccccc2)C2CC2)sc1C(=O)O. The second kappa shape index (κ2) is 6.07. The number of aryl methyl sites for hydroxylation is 1. The van der Waals surface area contributed by atoms with E-state index >= 15 is 0 Å². The van der Waals surface area contributed by atoms with Gasteiger partial charge in [-0.3, -0.25) is 0 Å². The molecule has 0 radical (unpaired) electrons. The number of rotatable bonds is 6. The van der Waals surface area contributed by atoms with Crippen LogP contribution in [0.3, 0.4) is 0 Å². The molecule has 1 N–H and O–H groups in total. The van der Waals surface area contributed by atoms with Crippen LogP contribution in [0.4, 0.5) is 0 Å². The van der Waals surface area contributed by atoms with E-state index in [-0.39, 0.29) is 15.1 Å². The second-order valence-corrected chi connectivity index (χ2v) is 8.82. The van der Waals surface area contributed by atoms with Gasteiger partial charge in [-0.25, -0.2) is 13.2 Å². The van der Waals surface area contributed by atoms with Gasteiger partial charge in [0.15, 0.2) is 0 Å². The first-order valence-corrected chi connectivity index (χ1v) is 9.55. The highest BCUT2D eigenvalue weighted by molar-refractivity contribution is 7.91. The number of aromatic carboxylic acids is 1. The van der Waals surface area contributed by atoms with E-state index in [0.29, 0.717) is 12.1 Å². The molecule has 7 heteroatoms. The van der Waals surface area contributed by atoms with Gasteiger partial charge in [-0.05, 0) is 37.0 Å². The molecule has 122 valence electrons. The molecule has 0 spiro atoms. The predicted octanol–water partition coefficient (Wildman–Crippen LogP) is 3.11. The molecule has 1 heterocycles. The highest BCUT2D eigenvalue weighted by Crippen LogP contribution is 2.36. The van der Waals surface area contributed by atoms with Gasteiger partial charge in [-0.15, -0.1) is 11.3 Å². The predicted molar refractivity (Wildman–Crippen MR) is 88.2 cm³/mol. The number of carboxylic acids is 1. The van der Waals surface area contributed by atoms with Crippen molar-refractivity contribution in [3.05, 3.63) is 52.4 Å². The lowest BCUT2D eigenvalue weighted by molar-refractivity contribution is 0.0701. The maximum absolute atomic E-state index is 12.9. The van der Waals surface area contributed by atoms with Crippen LogP contribution in [0.25, 0.3) is 0 Å². The summed E-state index contributed by atoms with van der Waals surface area (Å²) >= 11 is 0.829. The maximum Gasteiger partial charge on any atom is 0.346 e. The molecule has 0 amide bonds. The van der Waals surface area contributed by atoms with Crippen molar-refractivity contribution in [2.24, 2.45) is 0 Å². The van der Waals surface area contributed by atoms with E-state index in [9.17, 15) is 13.2 Å². The molecule has 23 heavy (non-hydrogen) atoms. The van der Waals surface area contributed by atoms with Gasteiger partial charge >= 0.3 is 5.97 Å². The lowest BCUT2D eigenvalue weighted by Crippen LogP contribution is -2.32. The molecule has 1 aliphatic rings. The summed E-state index contributed by atoms with van der Waals surface area (Å²) in [5, 5.41) is 9.14. The molecule has 2 aromatic rings. The van der Waals surface area contributed by atoms with E-state index in [1.807, 2.05) is 30.3 Å². The Bertz CT molecular complexity index is 823. The van der Waals surface area contributed by atoms with Gasteiger partial charge < -0.3 is 5.11 Å². The fourth-order valence-electron chi connectivity index (χ4n) is 2.44. The van der Waals surface area contributed by atoms with Crippen molar-refractivity contribution in [2.45, 2.75) is 36.6 Å². The van der Waals surface area contributed by atoms with Gasteiger partial charge in [0.1, 0.15) is 9.09 Å². The number of carbonyl (C=O) groups is 1. The summed E-state index contributed by atoms with van der Waals surface area (Å²) in [7, 11) is -3.68. The van der Waals surface area contributed by atoms with E-state index in [1.165, 1.54) is 10.4 Å². The normalized spacial score (nSPS) is 15.0. The number of hydrogen-bond acceptors (Lipinski definition) is 4. The van der Waals surface area contributed by atoms with Gasteiger partial charge in [-0.1, -0.05) is 30.3 Å². The van der Waals surface area contributed by atoms with Crippen molar-refractivity contribution in [3.63, 3.8) is 0 Å². The number of hydrogen-bond donors (Lipinski definition) is 1. The van der Waals surface area contributed by atoms with E-state index < -0.39 is 16.0 Å². The quantitative estimate of drug-likeness (QED) is 0.868. The topological polar surface area (TPSA) is 74.7 Å². The van der Waals surface area contributed by atoms with Crippen LogP contribution in [0.15, 0.2) is 40.6 Å². The molecular weight excluding hydrogens is 334 g/mol. The molecule has 0 aliphatic heterocycles. The summed E-state index contributed by atoms with van der Waals surface area (Å²) in [6, 6.07) is 10.9. The second-order valence-electron chi connectivity index (χ2n) is 5.65. The first-order chi connectivity index (χ1) is 10.9. The summed E-state index contributed by atoms with van der Waals surface area (Å²) in [4.78, 5) is 11.3. The van der Waals surface area contributed by atoms with Crippen molar-refractivity contribution in [3.8, 4) is 0 Å². The highest BCUT2D eigenvalue weighted by Gasteiger charge is 2.39. The van der Waals surface area contributed by atoms with Gasteiger partial charge in [0.05, 0.1) is 0 Å². The van der Waals surface area contributed by atoms with E-state index in [2.05, 4.69) is 0 Å². The molecule has 0 bridgehead atoms. The highest BCUT2D eigenvalue weighted by atomic mass is 32.2. The Morgan fingerprint density at radius 3 is 2.48 bits per heavy atom. The Morgan fingerprint density at radius 2 is 1.96 bits per heavy atom. The largest absolute Gasteiger partial charge is 0.477 e. The average Bonchev–Trinajstić information content (AvgIpc) is 3.26. The molecule has 0 atom stereocenters. The molecule has 1 fully saturated rings. The monoisotopic (exact) mass is 351 g/mol. The third-order valence-corrected chi connectivity index (χ3v) is 7.36. The third-order valence-electron chi connectivity index (χ3n) is 3.79. The van der Waals surface area contributed by atoms with Crippen LogP contribution in [0, 0.1) is 6.92 Å². The van der Waals surface area contributed by atoms with Crippen LogP contribution < -0.4 is 0 Å². The number of thiophene rings is 1. The van der Waals surface area contributed by atoms with Gasteiger partial charge in [0, 0.05) is 12.6 Å². The van der Waals surface area contributed by atoms with Crippen molar-refractivity contribution in [1.29, 1.82) is 0 Å². The zero-order valence-electron chi connectivity index (χ0n) is 12.6. The average molecular weight is 351 g/mol. The Kier molecular flexibility index (Phi) is 4.27. The molecule has 1 saturated carbocycles. The minimum absolute atomic E-state index is 0.0101. The third kappa shape index (κ3) is 3.31. The maximum atomic E-state index is 12.9. The fourth-order valence-corrected chi connectivity index (χ4v) is 5.63. The number of sulfonamides is 1. The molecule has 5 nitrogen and oxygen atoms in total. The van der Waals surface area contributed by atoms with Crippen LogP contribution in [0.2, 0.25) is 0 Å². The number of carboxylic acid groups (broad SMARTS) is 1. The molecule has 3 rings (SSSR count). The molecule has 1 aliphatic carbocycles. The van der Waals surface area contributed by atoms with Crippen LogP contribution in [0.1, 0.15) is 33.6 Å². The van der Waals surface area contributed by atoms with Gasteiger partial charge in [0.2, 0.25) is 0 Å². The minimum Gasteiger partial charge on any atom is -0.477 e. The van der Waals surface area contributed by atoms with Crippen LogP contribution in [0.5, 0.6) is 0 Å². The number of benzene rings is 1. The van der Waals surface area contributed by atoms with E-state index in [0.717, 1.165) is 29.7 Å². The zero-order chi connectivity index (χ0) is 16.6. The molecule has 0 unspecified atom stereocenters. The number of nitrogens with zero attached hydrogens (tertiary/aromatic N) is 1. The van der Waals surface area contributed by atoms with E-state index in [1.54, 1.807) is 6.92 Å². The Labute approximate surface area is 139 Å². The lowest BCUT2D eigenvalue weighted by atomic mass is 10.2. The van der Waals surface area contributed by atoms with Crippen molar-refractivity contribution in [2.75, 3.05) is 0 Å². The summed E-state index contributed by atoms with van der Waals surface area (Å²) in [5.41, 5.74) is 1.41. The van der Waals surface area contributed by atoms with Crippen molar-refractivity contribution in [1.82, 2.24) is 4.31 Å². The van der Waals surface area contributed by atoms with Crippen LogP contribution >= 0.6 is 11.3 Å². The van der Waals surface area contributed by atoms with Crippen LogP contribution in [-0.2, 0) is 16.6 Å². The fraction of sp³-hybridized carbons (Fsp3) is 0.312. The molecular formula is C16H17NO4S2. The Balaban J connectivity index is 1.95. The summed E-state index contributed by atoms with van der Waals surface area (Å²) in [6.07, 6.45) is 1.70. The van der Waals surface area contributed by atoms with Crippen molar-refractivity contribution < 1.29 is 18.3 Å². The first kappa shape index (κ1) is 16.2. The Hall–Kier alpha value is -1.70. The summed E-state index contributed by atoms with van der Waals surface area (Å²) in [5.74, 6) is -1.09. The summed E-state index contributed by atoms with van der Waals surface area (Å²) < 4.78 is 27.5.